The SMILES string of the molecule is O=C(Nc1cc(Cl)cc(Cl)c1)OCCCCCBr. The molecule has 1 aromatic rings. The molecular formula is C12H14BrCl2NO2. The van der Waals surface area contributed by atoms with E-state index in [0.717, 1.165) is 24.6 Å². The zero-order valence-electron chi connectivity index (χ0n) is 9.72. The Bertz CT molecular complexity index is 381. The molecule has 3 nitrogen and oxygen atoms in total. The molecule has 0 radical (unpaired) electrons. The van der Waals surface area contributed by atoms with Crippen molar-refractivity contribution in [3.63, 3.8) is 0 Å². The van der Waals surface area contributed by atoms with Crippen LogP contribution in [0, 0.1) is 0 Å². The van der Waals surface area contributed by atoms with Gasteiger partial charge in [0, 0.05) is 21.1 Å². The van der Waals surface area contributed by atoms with Crippen molar-refractivity contribution in [2.45, 2.75) is 19.3 Å². The molecule has 1 rings (SSSR count). The largest absolute Gasteiger partial charge is 0.449 e. The summed E-state index contributed by atoms with van der Waals surface area (Å²) in [6, 6.07) is 4.82. The zero-order chi connectivity index (χ0) is 13.4. The molecule has 0 aliphatic rings. The van der Waals surface area contributed by atoms with Crippen molar-refractivity contribution in [3.05, 3.63) is 28.2 Å². The van der Waals surface area contributed by atoms with Gasteiger partial charge in [-0.05, 0) is 37.5 Å². The summed E-state index contributed by atoms with van der Waals surface area (Å²) in [5, 5.41) is 4.48. The van der Waals surface area contributed by atoms with Crippen LogP contribution in [0.1, 0.15) is 19.3 Å². The number of amides is 1. The van der Waals surface area contributed by atoms with Crippen LogP contribution in [0.3, 0.4) is 0 Å². The molecular weight excluding hydrogens is 341 g/mol. The third-order valence-corrected chi connectivity index (χ3v) is 3.12. The number of anilines is 1. The molecule has 18 heavy (non-hydrogen) atoms. The van der Waals surface area contributed by atoms with Crippen molar-refractivity contribution in [1.29, 1.82) is 0 Å². The van der Waals surface area contributed by atoms with Gasteiger partial charge in [0.1, 0.15) is 0 Å². The lowest BCUT2D eigenvalue weighted by atomic mass is 10.3. The van der Waals surface area contributed by atoms with Crippen LogP contribution in [-0.2, 0) is 4.74 Å². The molecule has 0 saturated heterocycles. The van der Waals surface area contributed by atoms with Gasteiger partial charge in [-0.2, -0.15) is 0 Å². The topological polar surface area (TPSA) is 38.3 Å². The van der Waals surface area contributed by atoms with Gasteiger partial charge in [-0.15, -0.1) is 0 Å². The third-order valence-electron chi connectivity index (χ3n) is 2.12. The summed E-state index contributed by atoms with van der Waals surface area (Å²) in [4.78, 5) is 11.4. The Kier molecular flexibility index (Phi) is 7.47. The molecule has 100 valence electrons. The Hall–Kier alpha value is -0.450. The number of carbonyl (C=O) groups is 1. The number of benzene rings is 1. The molecule has 0 aliphatic heterocycles. The molecule has 0 spiro atoms. The summed E-state index contributed by atoms with van der Waals surface area (Å²) in [5.41, 5.74) is 0.526. The van der Waals surface area contributed by atoms with E-state index in [9.17, 15) is 4.79 Å². The lowest BCUT2D eigenvalue weighted by Crippen LogP contribution is -2.14. The number of unbranched alkanes of at least 4 members (excludes halogenated alkanes) is 2. The smallest absolute Gasteiger partial charge is 0.411 e. The van der Waals surface area contributed by atoms with Crippen molar-refractivity contribution in [3.8, 4) is 0 Å². The second-order valence-corrected chi connectivity index (χ2v) is 5.33. The van der Waals surface area contributed by atoms with Gasteiger partial charge in [0.05, 0.1) is 6.61 Å². The second kappa shape index (κ2) is 8.62. The Morgan fingerprint density at radius 1 is 1.17 bits per heavy atom. The molecule has 1 aromatic carbocycles. The van der Waals surface area contributed by atoms with Crippen molar-refractivity contribution in [2.24, 2.45) is 0 Å². The normalized spacial score (nSPS) is 10.2. The highest BCUT2D eigenvalue weighted by molar-refractivity contribution is 9.09. The van der Waals surface area contributed by atoms with Crippen LogP contribution in [0.15, 0.2) is 18.2 Å². The van der Waals surface area contributed by atoms with Gasteiger partial charge in [0.2, 0.25) is 0 Å². The molecule has 6 heteroatoms. The van der Waals surface area contributed by atoms with Crippen LogP contribution in [-0.4, -0.2) is 18.0 Å². The highest BCUT2D eigenvalue weighted by atomic mass is 79.9. The zero-order valence-corrected chi connectivity index (χ0v) is 12.8. The van der Waals surface area contributed by atoms with Gasteiger partial charge in [-0.1, -0.05) is 39.1 Å². The molecule has 0 atom stereocenters. The third kappa shape index (κ3) is 6.47. The number of hydrogen-bond donors (Lipinski definition) is 1. The van der Waals surface area contributed by atoms with Crippen molar-refractivity contribution in [1.82, 2.24) is 0 Å². The maximum absolute atomic E-state index is 11.4. The predicted octanol–water partition coefficient (Wildman–Crippen LogP) is 5.11. The second-order valence-electron chi connectivity index (χ2n) is 3.67. The van der Waals surface area contributed by atoms with E-state index in [0.29, 0.717) is 22.3 Å². The molecule has 1 N–H and O–H groups in total. The number of alkyl halides is 1. The number of ether oxygens (including phenoxy) is 1. The van der Waals surface area contributed by atoms with Gasteiger partial charge in [-0.25, -0.2) is 4.79 Å². The quantitative estimate of drug-likeness (QED) is 0.569. The number of carbonyl (C=O) groups excluding carboxylic acids is 1. The maximum atomic E-state index is 11.4. The summed E-state index contributed by atoms with van der Waals surface area (Å²) in [7, 11) is 0. The van der Waals surface area contributed by atoms with E-state index in [1.807, 2.05) is 0 Å². The molecule has 0 aromatic heterocycles. The first kappa shape index (κ1) is 15.6. The summed E-state index contributed by atoms with van der Waals surface area (Å²) >= 11 is 15.0. The number of nitrogens with one attached hydrogen (secondary N) is 1. The van der Waals surface area contributed by atoms with Crippen molar-refractivity contribution in [2.75, 3.05) is 17.3 Å². The van der Waals surface area contributed by atoms with Gasteiger partial charge in [-0.3, -0.25) is 5.32 Å². The summed E-state index contributed by atoms with van der Waals surface area (Å²) in [5.74, 6) is 0. The molecule has 0 fully saturated rings. The molecule has 1 amide bonds. The van der Waals surface area contributed by atoms with Crippen LogP contribution in [0.25, 0.3) is 0 Å². The first-order chi connectivity index (χ1) is 8.61. The Morgan fingerprint density at radius 3 is 2.44 bits per heavy atom. The van der Waals surface area contributed by atoms with Crippen LogP contribution in [0.2, 0.25) is 10.0 Å². The first-order valence-electron chi connectivity index (χ1n) is 5.57. The first-order valence-corrected chi connectivity index (χ1v) is 7.45. The fourth-order valence-corrected chi connectivity index (χ4v) is 2.24. The summed E-state index contributed by atoms with van der Waals surface area (Å²) in [6.07, 6.45) is 2.47. The molecule has 0 bridgehead atoms. The van der Waals surface area contributed by atoms with Crippen LogP contribution in [0.4, 0.5) is 10.5 Å². The Balaban J connectivity index is 2.31. The van der Waals surface area contributed by atoms with Crippen molar-refractivity contribution >= 4 is 50.9 Å². The maximum Gasteiger partial charge on any atom is 0.411 e. The molecule has 0 aliphatic carbocycles. The van der Waals surface area contributed by atoms with Crippen LogP contribution < -0.4 is 5.32 Å². The van der Waals surface area contributed by atoms with Crippen molar-refractivity contribution < 1.29 is 9.53 Å². The average Bonchev–Trinajstić information content (AvgIpc) is 2.27. The molecule has 0 heterocycles. The standard InChI is InChI=1S/C12H14BrCl2NO2/c13-4-2-1-3-5-18-12(17)16-11-7-9(14)6-10(15)8-11/h6-8H,1-5H2,(H,16,17). The minimum absolute atomic E-state index is 0.410. The van der Waals surface area contributed by atoms with Crippen LogP contribution in [0.5, 0.6) is 0 Å². The minimum Gasteiger partial charge on any atom is -0.449 e. The van der Waals surface area contributed by atoms with E-state index in [4.69, 9.17) is 27.9 Å². The highest BCUT2D eigenvalue weighted by Gasteiger charge is 2.04. The monoisotopic (exact) mass is 353 g/mol. The van der Waals surface area contributed by atoms with E-state index in [1.54, 1.807) is 18.2 Å². The Morgan fingerprint density at radius 2 is 1.83 bits per heavy atom. The van der Waals surface area contributed by atoms with E-state index in [2.05, 4.69) is 21.2 Å². The fraction of sp³-hybridized carbons (Fsp3) is 0.417. The number of hydrogen-bond acceptors (Lipinski definition) is 2. The lowest BCUT2D eigenvalue weighted by molar-refractivity contribution is 0.159. The van der Waals surface area contributed by atoms with E-state index in [-0.39, 0.29) is 0 Å². The van der Waals surface area contributed by atoms with E-state index < -0.39 is 6.09 Å². The molecule has 0 unspecified atom stereocenters. The minimum atomic E-state index is -0.493. The number of halogens is 3. The highest BCUT2D eigenvalue weighted by Crippen LogP contribution is 2.22. The Labute approximate surface area is 125 Å². The van der Waals surface area contributed by atoms with Crippen LogP contribution >= 0.6 is 39.1 Å². The molecule has 0 saturated carbocycles. The summed E-state index contributed by atoms with van der Waals surface area (Å²) < 4.78 is 5.02. The van der Waals surface area contributed by atoms with Gasteiger partial charge < -0.3 is 4.74 Å². The average molecular weight is 355 g/mol. The predicted molar refractivity (Wildman–Crippen MR) is 79.1 cm³/mol. The lowest BCUT2D eigenvalue weighted by Gasteiger charge is -2.07. The van der Waals surface area contributed by atoms with E-state index >= 15 is 0 Å². The number of rotatable bonds is 6. The van der Waals surface area contributed by atoms with Gasteiger partial charge >= 0.3 is 6.09 Å². The van der Waals surface area contributed by atoms with E-state index in [1.165, 1.54) is 0 Å². The van der Waals surface area contributed by atoms with Gasteiger partial charge in [0.15, 0.2) is 0 Å². The summed E-state index contributed by atoms with van der Waals surface area (Å²) in [6.45, 7) is 0.410. The fourth-order valence-electron chi connectivity index (χ4n) is 1.32. The van der Waals surface area contributed by atoms with Gasteiger partial charge in [0.25, 0.3) is 0 Å².